The number of amides is 1. The largest absolute Gasteiger partial charge is 0.472 e. The number of hydrogen-bond acceptors (Lipinski definition) is 7. The number of nitrogens with two attached hydrogens (primary N) is 1. The number of aliphatic hydroxyl groups is 2. The Morgan fingerprint density at radius 1 is 0.636 bits per heavy atom. The lowest BCUT2D eigenvalue weighted by molar-refractivity contribution is -0.124. The minimum absolute atomic E-state index is 0.0463. The number of phosphoric ester groups is 1. The van der Waals surface area contributed by atoms with Gasteiger partial charge >= 0.3 is 7.82 Å². The standard InChI is InChI=1S/C45H87N2O7P/c1-3-5-7-9-11-13-15-17-18-19-20-21-22-23-25-27-29-31-33-35-37-44(49)43(41-54-55(51,52)53-39-38-46)47-45(50)40-42(48)36-34-32-30-28-26-24-16-14-12-10-8-6-4-2/h12,14,16,24,35,37,42-44,48-49H,3-11,13,15,17-23,25-34,36,38-41,46H2,1-2H3,(H,47,50)(H,51,52)/b14-12-,24-16-,37-35+. The van der Waals surface area contributed by atoms with Crippen molar-refractivity contribution in [3.63, 3.8) is 0 Å². The predicted octanol–water partition coefficient (Wildman–Crippen LogP) is 11.7. The maximum Gasteiger partial charge on any atom is 0.472 e. The smallest absolute Gasteiger partial charge is 0.393 e. The normalized spacial score (nSPS) is 14.9. The summed E-state index contributed by atoms with van der Waals surface area (Å²) in [4.78, 5) is 22.8. The third-order valence-electron chi connectivity index (χ3n) is 10.0. The molecule has 0 bridgehead atoms. The lowest BCUT2D eigenvalue weighted by Crippen LogP contribution is -2.46. The maximum absolute atomic E-state index is 12.8. The highest BCUT2D eigenvalue weighted by atomic mass is 31.2. The molecule has 4 atom stereocenters. The fourth-order valence-corrected chi connectivity index (χ4v) is 7.34. The van der Waals surface area contributed by atoms with E-state index in [0.717, 1.165) is 57.8 Å². The average molecular weight is 799 g/mol. The second kappa shape index (κ2) is 40.9. The van der Waals surface area contributed by atoms with Gasteiger partial charge in [-0.25, -0.2) is 4.57 Å². The zero-order chi connectivity index (χ0) is 40.5. The van der Waals surface area contributed by atoms with Gasteiger partial charge in [-0.2, -0.15) is 0 Å². The molecule has 0 heterocycles. The van der Waals surface area contributed by atoms with Gasteiger partial charge in [0.05, 0.1) is 37.9 Å². The zero-order valence-corrected chi connectivity index (χ0v) is 36.4. The van der Waals surface area contributed by atoms with Crippen molar-refractivity contribution in [2.75, 3.05) is 19.8 Å². The average Bonchev–Trinajstić information content (AvgIpc) is 3.16. The van der Waals surface area contributed by atoms with Crippen molar-refractivity contribution in [1.29, 1.82) is 0 Å². The van der Waals surface area contributed by atoms with Crippen LogP contribution in [0.4, 0.5) is 0 Å². The molecular weight excluding hydrogens is 711 g/mol. The van der Waals surface area contributed by atoms with E-state index in [2.05, 4.69) is 43.5 Å². The van der Waals surface area contributed by atoms with E-state index in [9.17, 15) is 24.5 Å². The van der Waals surface area contributed by atoms with Crippen LogP contribution < -0.4 is 11.1 Å². The van der Waals surface area contributed by atoms with Crippen molar-refractivity contribution in [3.05, 3.63) is 36.5 Å². The number of carbonyl (C=O) groups excluding carboxylic acids is 1. The summed E-state index contributed by atoms with van der Waals surface area (Å²) in [5.41, 5.74) is 5.36. The molecule has 0 fully saturated rings. The minimum atomic E-state index is -4.40. The second-order valence-electron chi connectivity index (χ2n) is 15.5. The van der Waals surface area contributed by atoms with Gasteiger partial charge < -0.3 is 26.2 Å². The molecule has 0 aromatic rings. The van der Waals surface area contributed by atoms with Gasteiger partial charge in [0.1, 0.15) is 0 Å². The first kappa shape index (κ1) is 53.7. The molecule has 0 saturated heterocycles. The molecule has 1 amide bonds. The molecule has 0 saturated carbocycles. The SMILES string of the molecule is CCCCC/C=C\C=C/CCCCCCC(O)CC(=O)NC(COP(=O)(O)OCCN)C(O)/C=C/CCCCCCCCCCCCCCCCCCCC. The lowest BCUT2D eigenvalue weighted by atomic mass is 10.0. The van der Waals surface area contributed by atoms with Crippen molar-refractivity contribution in [2.45, 2.75) is 225 Å². The van der Waals surface area contributed by atoms with Gasteiger partial charge in [-0.3, -0.25) is 13.8 Å². The van der Waals surface area contributed by atoms with Crippen molar-refractivity contribution >= 4 is 13.7 Å². The van der Waals surface area contributed by atoms with Gasteiger partial charge in [-0.1, -0.05) is 192 Å². The lowest BCUT2D eigenvalue weighted by Gasteiger charge is -2.24. The van der Waals surface area contributed by atoms with Gasteiger partial charge in [-0.15, -0.1) is 0 Å². The summed E-state index contributed by atoms with van der Waals surface area (Å²) >= 11 is 0. The van der Waals surface area contributed by atoms with E-state index in [1.54, 1.807) is 6.08 Å². The van der Waals surface area contributed by atoms with Gasteiger partial charge in [0.2, 0.25) is 5.91 Å². The van der Waals surface area contributed by atoms with E-state index in [1.807, 2.05) is 6.08 Å². The summed E-state index contributed by atoms with van der Waals surface area (Å²) in [5, 5.41) is 24.0. The third kappa shape index (κ3) is 39.3. The summed E-state index contributed by atoms with van der Waals surface area (Å²) in [6, 6.07) is -0.988. The summed E-state index contributed by atoms with van der Waals surface area (Å²) in [5.74, 6) is -0.458. The van der Waals surface area contributed by atoms with Crippen LogP contribution >= 0.6 is 7.82 Å². The Morgan fingerprint density at radius 3 is 1.55 bits per heavy atom. The molecule has 9 nitrogen and oxygen atoms in total. The van der Waals surface area contributed by atoms with E-state index in [-0.39, 0.29) is 19.6 Å². The van der Waals surface area contributed by atoms with Gasteiger partial charge in [0.25, 0.3) is 0 Å². The molecule has 0 spiro atoms. The molecule has 10 heteroatoms. The zero-order valence-electron chi connectivity index (χ0n) is 35.5. The maximum atomic E-state index is 12.8. The van der Waals surface area contributed by atoms with E-state index in [4.69, 9.17) is 14.8 Å². The molecule has 0 rings (SSSR count). The monoisotopic (exact) mass is 799 g/mol. The molecule has 0 radical (unpaired) electrons. The van der Waals surface area contributed by atoms with E-state index in [1.165, 1.54) is 122 Å². The first-order chi connectivity index (χ1) is 26.8. The molecule has 0 aliphatic heterocycles. The summed E-state index contributed by atoms with van der Waals surface area (Å²) in [7, 11) is -4.40. The number of hydrogen-bond donors (Lipinski definition) is 5. The van der Waals surface area contributed by atoms with Crippen molar-refractivity contribution < 1.29 is 33.5 Å². The fraction of sp³-hybridized carbons (Fsp3) is 0.844. The van der Waals surface area contributed by atoms with Crippen LogP contribution in [0, 0.1) is 0 Å². The second-order valence-corrected chi connectivity index (χ2v) is 16.9. The van der Waals surface area contributed by atoms with Crippen molar-refractivity contribution in [2.24, 2.45) is 5.73 Å². The Balaban J connectivity index is 4.31. The first-order valence-electron chi connectivity index (χ1n) is 22.7. The van der Waals surface area contributed by atoms with Gasteiger partial charge in [0.15, 0.2) is 0 Å². The quantitative estimate of drug-likeness (QED) is 0.0177. The number of allylic oxidation sites excluding steroid dienone is 5. The van der Waals surface area contributed by atoms with Crippen molar-refractivity contribution in [3.8, 4) is 0 Å². The summed E-state index contributed by atoms with van der Waals surface area (Å²) in [6.45, 7) is 3.94. The number of nitrogens with one attached hydrogen (secondary N) is 1. The molecule has 0 aliphatic carbocycles. The highest BCUT2D eigenvalue weighted by molar-refractivity contribution is 7.47. The molecule has 324 valence electrons. The van der Waals surface area contributed by atoms with Crippen LogP contribution in [-0.4, -0.2) is 59.0 Å². The van der Waals surface area contributed by atoms with Crippen LogP contribution in [0.3, 0.4) is 0 Å². The van der Waals surface area contributed by atoms with Gasteiger partial charge in [0, 0.05) is 6.54 Å². The Hall–Kier alpha value is -1.32. The number of aliphatic hydroxyl groups excluding tert-OH is 2. The van der Waals surface area contributed by atoms with Crippen LogP contribution in [0.2, 0.25) is 0 Å². The molecule has 0 aliphatic rings. The van der Waals surface area contributed by atoms with Gasteiger partial charge in [-0.05, 0) is 44.9 Å². The summed E-state index contributed by atoms with van der Waals surface area (Å²) < 4.78 is 22.1. The topological polar surface area (TPSA) is 151 Å². The Morgan fingerprint density at radius 2 is 1.05 bits per heavy atom. The Labute approximate surface area is 338 Å². The highest BCUT2D eigenvalue weighted by Crippen LogP contribution is 2.43. The Kier molecular flexibility index (Phi) is 39.9. The molecule has 0 aromatic carbocycles. The van der Waals surface area contributed by atoms with E-state index in [0.29, 0.717) is 6.42 Å². The molecule has 55 heavy (non-hydrogen) atoms. The third-order valence-corrected chi connectivity index (χ3v) is 11.0. The predicted molar refractivity (Wildman–Crippen MR) is 232 cm³/mol. The van der Waals surface area contributed by atoms with E-state index < -0.39 is 38.6 Å². The minimum Gasteiger partial charge on any atom is -0.393 e. The number of unbranched alkanes of at least 4 members (excludes halogenated alkanes) is 25. The number of carbonyl (C=O) groups is 1. The molecule has 0 aromatic heterocycles. The van der Waals surface area contributed by atoms with Crippen LogP contribution in [0.1, 0.15) is 206 Å². The van der Waals surface area contributed by atoms with Crippen LogP contribution in [0.25, 0.3) is 0 Å². The van der Waals surface area contributed by atoms with Crippen LogP contribution in [0.15, 0.2) is 36.5 Å². The summed E-state index contributed by atoms with van der Waals surface area (Å²) in [6.07, 6.45) is 45.1. The van der Waals surface area contributed by atoms with E-state index >= 15 is 0 Å². The number of phosphoric acid groups is 1. The molecular formula is C45H87N2O7P. The van der Waals surface area contributed by atoms with Crippen LogP contribution in [-0.2, 0) is 18.4 Å². The Bertz CT molecular complexity index is 977. The van der Waals surface area contributed by atoms with Crippen LogP contribution in [0.5, 0.6) is 0 Å². The number of rotatable bonds is 42. The van der Waals surface area contributed by atoms with Crippen molar-refractivity contribution in [1.82, 2.24) is 5.32 Å². The molecule has 4 unspecified atom stereocenters. The highest BCUT2D eigenvalue weighted by Gasteiger charge is 2.27. The fourth-order valence-electron chi connectivity index (χ4n) is 6.58. The molecule has 6 N–H and O–H groups in total. The first-order valence-corrected chi connectivity index (χ1v) is 24.2.